The van der Waals surface area contributed by atoms with Crippen molar-refractivity contribution in [1.29, 1.82) is 0 Å². The van der Waals surface area contributed by atoms with Crippen LogP contribution >= 0.6 is 0 Å². The molecule has 30 heavy (non-hydrogen) atoms. The van der Waals surface area contributed by atoms with Crippen LogP contribution in [0.5, 0.6) is 0 Å². The number of hydrogen-bond acceptors (Lipinski definition) is 6. The lowest BCUT2D eigenvalue weighted by molar-refractivity contribution is 0.0308. The van der Waals surface area contributed by atoms with Gasteiger partial charge in [-0.15, -0.1) is 0 Å². The van der Waals surface area contributed by atoms with Crippen molar-refractivity contribution in [2.24, 2.45) is 0 Å². The molecule has 2 rings (SSSR count). The Morgan fingerprint density at radius 1 is 0.933 bits per heavy atom. The van der Waals surface area contributed by atoms with Gasteiger partial charge in [0.1, 0.15) is 26.3 Å². The Bertz CT molecular complexity index is 912. The van der Waals surface area contributed by atoms with E-state index >= 15 is 0 Å². The fourth-order valence-electron chi connectivity index (χ4n) is 3.60. The monoisotopic (exact) mass is 424 g/mol. The van der Waals surface area contributed by atoms with E-state index in [1.807, 2.05) is 0 Å². The first-order chi connectivity index (χ1) is 14.1. The van der Waals surface area contributed by atoms with Gasteiger partial charge in [0, 0.05) is 0 Å². The lowest BCUT2D eigenvalue weighted by Crippen LogP contribution is -2.32. The Hall–Kier alpha value is -1.67. The van der Waals surface area contributed by atoms with Crippen LogP contribution in [0.1, 0.15) is 63.1 Å². The zero-order valence-corrected chi connectivity index (χ0v) is 17.4. The molecule has 0 aliphatic heterocycles. The van der Waals surface area contributed by atoms with Crippen molar-refractivity contribution in [3.63, 3.8) is 0 Å². The van der Waals surface area contributed by atoms with E-state index in [4.69, 9.17) is 45.4 Å². The van der Waals surface area contributed by atoms with Crippen LogP contribution in [-0.4, -0.2) is 74.8 Å². The zero-order chi connectivity index (χ0) is 22.5. The molecule has 0 aromatic heterocycles. The van der Waals surface area contributed by atoms with Gasteiger partial charge in [0.05, 0.1) is 34.7 Å². The quantitative estimate of drug-likeness (QED) is 0.328. The third-order valence-corrected chi connectivity index (χ3v) is 5.73. The van der Waals surface area contributed by atoms with E-state index in [1.165, 1.54) is 0 Å². The fourth-order valence-corrected chi connectivity index (χ4v) is 3.90. The minimum atomic E-state index is -4.35. The summed E-state index contributed by atoms with van der Waals surface area (Å²) in [6.45, 7) is -0.630. The van der Waals surface area contributed by atoms with Gasteiger partial charge in [-0.3, -0.25) is 4.55 Å². The van der Waals surface area contributed by atoms with Gasteiger partial charge in [-0.2, -0.15) is 8.42 Å². The molecular weight excluding hydrogens is 404 g/mol. The van der Waals surface area contributed by atoms with Gasteiger partial charge < -0.3 is 9.47 Å². The molecule has 1 aromatic carbocycles. The highest BCUT2D eigenvalue weighted by molar-refractivity contribution is 7.85. The highest BCUT2D eigenvalue weighted by Gasteiger charge is 2.30. The van der Waals surface area contributed by atoms with Crippen molar-refractivity contribution in [2.75, 3.05) is 12.4 Å². The smallest absolute Gasteiger partial charge is 0.339 e. The Balaban J connectivity index is 2.55. The van der Waals surface area contributed by atoms with E-state index in [2.05, 4.69) is 0 Å². The second-order valence-electron chi connectivity index (χ2n) is 6.95. The second kappa shape index (κ2) is 10.6. The molecule has 7 nitrogen and oxygen atoms in total. The summed E-state index contributed by atoms with van der Waals surface area (Å²) < 4.78 is 41.1. The minimum absolute atomic E-state index is 0.0485. The lowest BCUT2D eigenvalue weighted by Gasteiger charge is -2.24. The molecule has 1 saturated carbocycles. The van der Waals surface area contributed by atoms with Crippen LogP contribution in [0.3, 0.4) is 0 Å². The standard InChI is InChI=1S/C18H20B4O7S/c19-7-11-12(8-20)14(17(23)28-5-6-30(25,26)27)15(16(22)13(11)9-21)18(24)29-10-3-1-2-4-10/h10H,1-9H2,(H,25,26,27). The second-order valence-corrected chi connectivity index (χ2v) is 8.52. The van der Waals surface area contributed by atoms with E-state index in [-0.39, 0.29) is 47.2 Å². The minimum Gasteiger partial charge on any atom is -0.461 e. The molecule has 1 fully saturated rings. The van der Waals surface area contributed by atoms with Crippen molar-refractivity contribution in [3.05, 3.63) is 27.8 Å². The van der Waals surface area contributed by atoms with Gasteiger partial charge >= 0.3 is 11.9 Å². The number of carbonyl (C=O) groups excluding carboxylic acids is 2. The molecule has 0 bridgehead atoms. The first-order valence-electron chi connectivity index (χ1n) is 9.54. The first-order valence-corrected chi connectivity index (χ1v) is 11.1. The van der Waals surface area contributed by atoms with E-state index in [0.717, 1.165) is 12.8 Å². The fraction of sp³-hybridized carbons (Fsp3) is 0.556. The van der Waals surface area contributed by atoms with Gasteiger partial charge in [-0.25, -0.2) is 9.59 Å². The molecule has 0 amide bonds. The highest BCUT2D eigenvalue weighted by Crippen LogP contribution is 2.27. The van der Waals surface area contributed by atoms with Gasteiger partial charge in [0.2, 0.25) is 0 Å². The summed E-state index contributed by atoms with van der Waals surface area (Å²) >= 11 is 0. The third-order valence-electron chi connectivity index (χ3n) is 5.05. The normalized spacial score (nSPS) is 14.6. The van der Waals surface area contributed by atoms with Crippen LogP contribution < -0.4 is 5.46 Å². The summed E-state index contributed by atoms with van der Waals surface area (Å²) in [6.07, 6.45) is 2.68. The summed E-state index contributed by atoms with van der Waals surface area (Å²) in [4.78, 5) is 25.8. The van der Waals surface area contributed by atoms with Crippen LogP contribution in [-0.2, 0) is 38.6 Å². The van der Waals surface area contributed by atoms with E-state index in [9.17, 15) is 18.0 Å². The molecular formula is C18H20B4O7S. The van der Waals surface area contributed by atoms with Gasteiger partial charge in [-0.1, -0.05) is 35.6 Å². The molecule has 8 radical (unpaired) electrons. The number of carbonyl (C=O) groups is 2. The average molecular weight is 424 g/mol. The van der Waals surface area contributed by atoms with Crippen molar-refractivity contribution < 1.29 is 32.0 Å². The Labute approximate surface area is 182 Å². The Kier molecular flexibility index (Phi) is 8.67. The number of rotatable bonds is 9. The highest BCUT2D eigenvalue weighted by atomic mass is 32.2. The third kappa shape index (κ3) is 5.72. The maximum atomic E-state index is 13.0. The average Bonchev–Trinajstić information content (AvgIpc) is 3.18. The van der Waals surface area contributed by atoms with Gasteiger partial charge in [0.15, 0.2) is 0 Å². The zero-order valence-electron chi connectivity index (χ0n) is 16.6. The van der Waals surface area contributed by atoms with Crippen molar-refractivity contribution in [1.82, 2.24) is 0 Å². The maximum absolute atomic E-state index is 13.0. The predicted octanol–water partition coefficient (Wildman–Crippen LogP) is -0.370. The summed E-state index contributed by atoms with van der Waals surface area (Å²) in [6, 6.07) is 0. The van der Waals surface area contributed by atoms with Crippen molar-refractivity contribution in [3.8, 4) is 0 Å². The number of hydrogen-bond donors (Lipinski definition) is 1. The number of esters is 2. The SMILES string of the molecule is [B]Cc1c([B])c(C(=O)OC2CCCC2)c(C(=O)OCCS(=O)(=O)O)c(C[B])c1C[B]. The molecule has 12 heteroatoms. The first kappa shape index (κ1) is 24.6. The van der Waals surface area contributed by atoms with Gasteiger partial charge in [0.25, 0.3) is 10.1 Å². The summed E-state index contributed by atoms with van der Waals surface area (Å²) in [5, 5.41) is 0. The number of ether oxygens (including phenoxy) is 2. The van der Waals surface area contributed by atoms with Crippen LogP contribution in [0.2, 0.25) is 0 Å². The van der Waals surface area contributed by atoms with Crippen LogP contribution in [0, 0.1) is 0 Å². The molecule has 1 aliphatic rings. The largest absolute Gasteiger partial charge is 0.461 e. The number of benzene rings is 1. The molecule has 1 aromatic rings. The molecule has 0 spiro atoms. The molecule has 0 unspecified atom stereocenters. The molecule has 0 saturated heterocycles. The topological polar surface area (TPSA) is 107 Å². The molecule has 1 aliphatic carbocycles. The van der Waals surface area contributed by atoms with E-state index in [0.29, 0.717) is 24.0 Å². The maximum Gasteiger partial charge on any atom is 0.339 e. The molecule has 1 N–H and O–H groups in total. The summed E-state index contributed by atoms with van der Waals surface area (Å²) in [7, 11) is 19.3. The molecule has 0 atom stereocenters. The predicted molar refractivity (Wildman–Crippen MR) is 115 cm³/mol. The van der Waals surface area contributed by atoms with E-state index < -0.39 is 34.4 Å². The van der Waals surface area contributed by atoms with E-state index in [1.54, 1.807) is 0 Å². The van der Waals surface area contributed by atoms with Crippen LogP contribution in [0.4, 0.5) is 0 Å². The Morgan fingerprint density at radius 2 is 1.50 bits per heavy atom. The van der Waals surface area contributed by atoms with Crippen molar-refractivity contribution >= 4 is 58.9 Å². The lowest BCUT2D eigenvalue weighted by atomic mass is 9.70. The Morgan fingerprint density at radius 3 is 2.00 bits per heavy atom. The van der Waals surface area contributed by atoms with Crippen LogP contribution in [0.15, 0.2) is 0 Å². The molecule has 0 heterocycles. The summed E-state index contributed by atoms with van der Waals surface area (Å²) in [5.41, 5.74) is 0.507. The van der Waals surface area contributed by atoms with Crippen molar-refractivity contribution in [2.45, 2.75) is 50.7 Å². The van der Waals surface area contributed by atoms with Crippen LogP contribution in [0.25, 0.3) is 0 Å². The summed E-state index contributed by atoms with van der Waals surface area (Å²) in [5.74, 6) is -2.64. The van der Waals surface area contributed by atoms with Gasteiger partial charge in [-0.05, 0) is 31.2 Å². The molecule has 152 valence electrons.